The van der Waals surface area contributed by atoms with Crippen LogP contribution in [0.3, 0.4) is 0 Å². The van der Waals surface area contributed by atoms with Crippen molar-refractivity contribution < 1.29 is 0 Å². The van der Waals surface area contributed by atoms with Crippen LogP contribution in [-0.2, 0) is 10.8 Å². The van der Waals surface area contributed by atoms with Gasteiger partial charge in [-0.3, -0.25) is 0 Å². The van der Waals surface area contributed by atoms with Crippen LogP contribution in [0.25, 0.3) is 86.7 Å². The van der Waals surface area contributed by atoms with Crippen molar-refractivity contribution in [1.82, 2.24) is 9.97 Å². The van der Waals surface area contributed by atoms with Gasteiger partial charge in [0.15, 0.2) is 5.82 Å². The van der Waals surface area contributed by atoms with E-state index in [1.165, 1.54) is 58.8 Å². The van der Waals surface area contributed by atoms with Crippen LogP contribution < -0.4 is 0 Å². The Morgan fingerprint density at radius 3 is 1.92 bits per heavy atom. The molecule has 10 rings (SSSR count). The molecule has 51 heavy (non-hydrogen) atoms. The van der Waals surface area contributed by atoms with Gasteiger partial charge in [-0.15, -0.1) is 11.3 Å². The number of benzene rings is 7. The highest BCUT2D eigenvalue weighted by Gasteiger charge is 2.47. The molecule has 0 radical (unpaired) electrons. The molecule has 1 aliphatic carbocycles. The standard InChI is InChI=1S/C48H36N2S/c1-47(2)38-22-14-13-21-35(38)41-33-19-11-12-20-34(33)42-37-27-31(24-26-40(37)51-45(42)43(41)48(47,3)4)32-23-25-36-39(28-32)49-46(30-17-9-6-10-18-30)50-44(36)29-15-7-5-8-16-29/h5-28H,1-4H3. The molecule has 0 saturated heterocycles. The monoisotopic (exact) mass is 672 g/mol. The molecule has 1 aliphatic rings. The summed E-state index contributed by atoms with van der Waals surface area (Å²) in [5.41, 5.74) is 11.9. The van der Waals surface area contributed by atoms with Crippen molar-refractivity contribution in [3.63, 3.8) is 0 Å². The van der Waals surface area contributed by atoms with Crippen molar-refractivity contribution in [3.05, 3.63) is 157 Å². The Morgan fingerprint density at radius 2 is 1.14 bits per heavy atom. The number of nitrogens with zero attached hydrogens (tertiary/aromatic N) is 2. The van der Waals surface area contributed by atoms with Gasteiger partial charge in [0.2, 0.25) is 0 Å². The molecule has 0 amide bonds. The van der Waals surface area contributed by atoms with Crippen LogP contribution in [0.1, 0.15) is 38.8 Å². The topological polar surface area (TPSA) is 25.8 Å². The molecule has 2 nitrogen and oxygen atoms in total. The molecule has 3 heteroatoms. The SMILES string of the molecule is CC1(C)c2ccccc2-c2c(c3sc4ccc(-c5ccc6c(-c7ccccc7)nc(-c7ccccc7)nc6c5)cc4c3c3ccccc23)C1(C)C. The molecule has 0 unspecified atom stereocenters. The minimum atomic E-state index is -0.0896. The molecule has 0 saturated carbocycles. The van der Waals surface area contributed by atoms with E-state index in [1.54, 1.807) is 0 Å². The van der Waals surface area contributed by atoms with Gasteiger partial charge in [-0.2, -0.15) is 0 Å². The van der Waals surface area contributed by atoms with Gasteiger partial charge in [-0.05, 0) is 73.8 Å². The van der Waals surface area contributed by atoms with Crippen molar-refractivity contribution in [3.8, 4) is 44.9 Å². The van der Waals surface area contributed by atoms with Crippen molar-refractivity contribution in [2.45, 2.75) is 38.5 Å². The molecule has 0 N–H and O–H groups in total. The summed E-state index contributed by atoms with van der Waals surface area (Å²) < 4.78 is 2.73. The lowest BCUT2D eigenvalue weighted by molar-refractivity contribution is 0.302. The van der Waals surface area contributed by atoms with Crippen molar-refractivity contribution >= 4 is 53.2 Å². The maximum absolute atomic E-state index is 5.15. The Morgan fingerprint density at radius 1 is 0.490 bits per heavy atom. The quantitative estimate of drug-likeness (QED) is 0.187. The fourth-order valence-electron chi connectivity index (χ4n) is 8.50. The zero-order valence-electron chi connectivity index (χ0n) is 29.2. The summed E-state index contributed by atoms with van der Waals surface area (Å²) in [6, 6.07) is 52.6. The minimum Gasteiger partial charge on any atom is -0.228 e. The van der Waals surface area contributed by atoms with Crippen LogP contribution >= 0.6 is 11.3 Å². The Labute approximate surface area is 302 Å². The highest BCUT2D eigenvalue weighted by Crippen LogP contribution is 2.59. The summed E-state index contributed by atoms with van der Waals surface area (Å²) in [5, 5.41) is 6.40. The second kappa shape index (κ2) is 10.9. The normalized spacial score (nSPS) is 14.6. The average Bonchev–Trinajstić information content (AvgIpc) is 3.55. The molecule has 7 aromatic carbocycles. The van der Waals surface area contributed by atoms with E-state index in [0.717, 1.165) is 39.1 Å². The van der Waals surface area contributed by atoms with Crippen LogP contribution in [-0.4, -0.2) is 9.97 Å². The maximum atomic E-state index is 5.15. The van der Waals surface area contributed by atoms with Crippen LogP contribution in [0.2, 0.25) is 0 Å². The molecule has 2 aromatic heterocycles. The lowest BCUT2D eigenvalue weighted by Crippen LogP contribution is -2.43. The zero-order chi connectivity index (χ0) is 34.5. The maximum Gasteiger partial charge on any atom is 0.160 e. The highest BCUT2D eigenvalue weighted by atomic mass is 32.1. The fourth-order valence-corrected chi connectivity index (χ4v) is 9.91. The van der Waals surface area contributed by atoms with Gasteiger partial charge in [0, 0.05) is 42.1 Å². The van der Waals surface area contributed by atoms with Crippen LogP contribution in [0.4, 0.5) is 0 Å². The third-order valence-corrected chi connectivity index (χ3v) is 13.0. The molecule has 0 fully saturated rings. The van der Waals surface area contributed by atoms with Gasteiger partial charge >= 0.3 is 0 Å². The van der Waals surface area contributed by atoms with Gasteiger partial charge < -0.3 is 0 Å². The van der Waals surface area contributed by atoms with E-state index in [4.69, 9.17) is 9.97 Å². The summed E-state index contributed by atoms with van der Waals surface area (Å²) in [6.45, 7) is 9.76. The van der Waals surface area contributed by atoms with Crippen LogP contribution in [0, 0.1) is 0 Å². The van der Waals surface area contributed by atoms with E-state index in [1.807, 2.05) is 35.6 Å². The predicted molar refractivity (Wildman–Crippen MR) is 218 cm³/mol. The molecule has 0 atom stereocenters. The first-order valence-corrected chi connectivity index (χ1v) is 18.6. The molecule has 0 bridgehead atoms. The number of hydrogen-bond donors (Lipinski definition) is 0. The summed E-state index contributed by atoms with van der Waals surface area (Å²) in [7, 11) is 0. The second-order valence-corrected chi connectivity index (χ2v) is 16.0. The highest BCUT2D eigenvalue weighted by molar-refractivity contribution is 7.26. The first-order valence-electron chi connectivity index (χ1n) is 17.8. The summed E-state index contributed by atoms with van der Waals surface area (Å²) in [4.78, 5) is 10.3. The molecule has 0 spiro atoms. The van der Waals surface area contributed by atoms with Crippen molar-refractivity contribution in [1.29, 1.82) is 0 Å². The van der Waals surface area contributed by atoms with Gasteiger partial charge in [0.1, 0.15) is 0 Å². The van der Waals surface area contributed by atoms with E-state index in [0.29, 0.717) is 0 Å². The fraction of sp³-hybridized carbons (Fsp3) is 0.125. The van der Waals surface area contributed by atoms with Crippen molar-refractivity contribution in [2.75, 3.05) is 0 Å². The summed E-state index contributed by atoms with van der Waals surface area (Å²) in [5.74, 6) is 0.738. The molecular weight excluding hydrogens is 637 g/mol. The molecule has 244 valence electrons. The number of rotatable bonds is 3. The van der Waals surface area contributed by atoms with Gasteiger partial charge in [0.25, 0.3) is 0 Å². The molecule has 9 aromatic rings. The number of aromatic nitrogens is 2. The van der Waals surface area contributed by atoms with Crippen LogP contribution in [0.5, 0.6) is 0 Å². The Bertz CT molecular complexity index is 2850. The van der Waals surface area contributed by atoms with Gasteiger partial charge in [-0.1, -0.05) is 149 Å². The van der Waals surface area contributed by atoms with E-state index >= 15 is 0 Å². The Hall–Kier alpha value is -5.64. The van der Waals surface area contributed by atoms with Crippen LogP contribution in [0.15, 0.2) is 146 Å². The first-order chi connectivity index (χ1) is 24.8. The largest absolute Gasteiger partial charge is 0.228 e. The number of fused-ring (bicyclic) bond motifs is 11. The lowest BCUT2D eigenvalue weighted by atomic mass is 9.55. The van der Waals surface area contributed by atoms with E-state index in [2.05, 4.69) is 149 Å². The van der Waals surface area contributed by atoms with Gasteiger partial charge in [0.05, 0.1) is 11.2 Å². The third kappa shape index (κ3) is 4.34. The van der Waals surface area contributed by atoms with E-state index in [-0.39, 0.29) is 10.8 Å². The summed E-state index contributed by atoms with van der Waals surface area (Å²) in [6.07, 6.45) is 0. The molecule has 0 aliphatic heterocycles. The zero-order valence-corrected chi connectivity index (χ0v) is 30.0. The first kappa shape index (κ1) is 30.2. The Kier molecular flexibility index (Phi) is 6.47. The molecule has 2 heterocycles. The van der Waals surface area contributed by atoms with Crippen molar-refractivity contribution in [2.24, 2.45) is 0 Å². The van der Waals surface area contributed by atoms with Gasteiger partial charge in [-0.25, -0.2) is 9.97 Å². The number of hydrogen-bond acceptors (Lipinski definition) is 3. The van der Waals surface area contributed by atoms with E-state index in [9.17, 15) is 0 Å². The lowest BCUT2D eigenvalue weighted by Gasteiger charge is -2.48. The average molecular weight is 673 g/mol. The predicted octanol–water partition coefficient (Wildman–Crippen LogP) is 13.4. The Balaban J connectivity index is 1.23. The van der Waals surface area contributed by atoms with E-state index < -0.39 is 0 Å². The summed E-state index contributed by atoms with van der Waals surface area (Å²) >= 11 is 1.95. The number of thiophene rings is 1. The second-order valence-electron chi connectivity index (χ2n) is 15.0. The minimum absolute atomic E-state index is 0.0442. The third-order valence-electron chi connectivity index (χ3n) is 11.8. The molecular formula is C48H36N2S. The smallest absolute Gasteiger partial charge is 0.160 e.